The molecule has 0 radical (unpaired) electrons. The largest absolute Gasteiger partial charge is 0.481 e. The molecule has 0 aromatic heterocycles. The van der Waals surface area contributed by atoms with E-state index in [9.17, 15) is 4.79 Å². The van der Waals surface area contributed by atoms with E-state index in [0.717, 1.165) is 12.8 Å². The summed E-state index contributed by atoms with van der Waals surface area (Å²) in [5.41, 5.74) is 0. The van der Waals surface area contributed by atoms with Gasteiger partial charge in [-0.3, -0.25) is 4.79 Å². The lowest BCUT2D eigenvalue weighted by molar-refractivity contribution is -0.137. The number of carboxylic acids is 1. The van der Waals surface area contributed by atoms with Crippen molar-refractivity contribution >= 4 is 5.97 Å². The van der Waals surface area contributed by atoms with E-state index in [-0.39, 0.29) is 0 Å². The van der Waals surface area contributed by atoms with Crippen molar-refractivity contribution in [2.45, 2.75) is 96.8 Å². The molecule has 0 fully saturated rings. The predicted octanol–water partition coefficient (Wildman–Crippen LogP) is 6.11. The van der Waals surface area contributed by atoms with Gasteiger partial charge in [0.15, 0.2) is 0 Å². The molecule has 0 aromatic carbocycles. The van der Waals surface area contributed by atoms with Gasteiger partial charge in [0, 0.05) is 6.42 Å². The van der Waals surface area contributed by atoms with Gasteiger partial charge in [-0.25, -0.2) is 0 Å². The van der Waals surface area contributed by atoms with E-state index in [0.29, 0.717) is 6.42 Å². The highest BCUT2D eigenvalue weighted by molar-refractivity contribution is 5.66. The van der Waals surface area contributed by atoms with E-state index in [1.807, 2.05) is 0 Å². The van der Waals surface area contributed by atoms with Crippen LogP contribution in [0.2, 0.25) is 0 Å². The van der Waals surface area contributed by atoms with Gasteiger partial charge < -0.3 is 5.11 Å². The Morgan fingerprint density at radius 3 is 1.70 bits per heavy atom. The number of hydrogen-bond donors (Lipinski definition) is 1. The first-order valence-corrected chi connectivity index (χ1v) is 8.64. The summed E-state index contributed by atoms with van der Waals surface area (Å²) in [7, 11) is 0. The third-order valence-electron chi connectivity index (χ3n) is 3.65. The Hall–Kier alpha value is -0.790. The van der Waals surface area contributed by atoms with Crippen LogP contribution in [0.4, 0.5) is 0 Å². The first-order chi connectivity index (χ1) is 9.77. The number of carbonyl (C=O) groups is 1. The minimum absolute atomic E-state index is 0.332. The standard InChI is InChI=1S/C18H34O2/c1-2-3-4-5-6-7-8-9-10-11-12-13-14-15-16-17-18(19)20/h9-10H,2-8,11-17H2,1H3,(H,19,20)/b10-9+/i18+1. The van der Waals surface area contributed by atoms with E-state index in [1.54, 1.807) is 0 Å². The van der Waals surface area contributed by atoms with Crippen molar-refractivity contribution in [1.29, 1.82) is 0 Å². The van der Waals surface area contributed by atoms with Crippen molar-refractivity contribution in [1.82, 2.24) is 0 Å². The Labute approximate surface area is 125 Å². The molecule has 0 amide bonds. The van der Waals surface area contributed by atoms with E-state index in [2.05, 4.69) is 19.1 Å². The molecule has 0 saturated carbocycles. The average Bonchev–Trinajstić information content (AvgIpc) is 2.43. The summed E-state index contributed by atoms with van der Waals surface area (Å²) in [5, 5.41) is 8.51. The topological polar surface area (TPSA) is 37.3 Å². The molecule has 1 N–H and O–H groups in total. The van der Waals surface area contributed by atoms with E-state index in [1.165, 1.54) is 70.6 Å². The molecule has 2 nitrogen and oxygen atoms in total. The summed E-state index contributed by atoms with van der Waals surface area (Å²) in [6.07, 6.45) is 21.2. The molecule has 0 bridgehead atoms. The van der Waals surface area contributed by atoms with Crippen molar-refractivity contribution in [2.24, 2.45) is 0 Å². The van der Waals surface area contributed by atoms with Crippen LogP contribution in [0.25, 0.3) is 0 Å². The van der Waals surface area contributed by atoms with Crippen LogP contribution in [0.5, 0.6) is 0 Å². The van der Waals surface area contributed by atoms with Gasteiger partial charge in [0.25, 0.3) is 0 Å². The molecule has 0 aliphatic heterocycles. The maximum Gasteiger partial charge on any atom is 0.303 e. The van der Waals surface area contributed by atoms with E-state index >= 15 is 0 Å². The first-order valence-electron chi connectivity index (χ1n) is 8.64. The fraction of sp³-hybridized carbons (Fsp3) is 0.833. The van der Waals surface area contributed by atoms with Crippen molar-refractivity contribution in [3.05, 3.63) is 12.2 Å². The Bertz CT molecular complexity index is 234. The lowest BCUT2D eigenvalue weighted by Gasteiger charge is -1.99. The predicted molar refractivity (Wildman–Crippen MR) is 87.1 cm³/mol. The molecule has 0 atom stereocenters. The Kier molecular flexibility index (Phi) is 15.6. The fourth-order valence-corrected chi connectivity index (χ4v) is 2.35. The molecule has 0 saturated heterocycles. The van der Waals surface area contributed by atoms with Gasteiger partial charge >= 0.3 is 5.97 Å². The molecule has 0 aliphatic rings. The molecule has 2 heteroatoms. The van der Waals surface area contributed by atoms with Crippen molar-refractivity contribution in [2.75, 3.05) is 0 Å². The second-order valence-electron chi connectivity index (χ2n) is 5.73. The molecule has 20 heavy (non-hydrogen) atoms. The Balaban J connectivity index is 3.07. The maximum absolute atomic E-state index is 10.3. The van der Waals surface area contributed by atoms with Crippen LogP contribution in [0.15, 0.2) is 12.2 Å². The smallest absolute Gasteiger partial charge is 0.303 e. The first kappa shape index (κ1) is 19.2. The maximum atomic E-state index is 10.3. The molecule has 0 heterocycles. The van der Waals surface area contributed by atoms with Crippen LogP contribution in [0, 0.1) is 0 Å². The molecule has 118 valence electrons. The number of unbranched alkanes of at least 4 members (excludes halogenated alkanes) is 11. The fourth-order valence-electron chi connectivity index (χ4n) is 2.35. The lowest BCUT2D eigenvalue weighted by Crippen LogP contribution is -1.93. The highest BCUT2D eigenvalue weighted by Crippen LogP contribution is 2.09. The number of carboxylic acid groups (broad SMARTS) is 1. The number of hydrogen-bond acceptors (Lipinski definition) is 1. The summed E-state index contributed by atoms with van der Waals surface area (Å²) < 4.78 is 0. The summed E-state index contributed by atoms with van der Waals surface area (Å²) >= 11 is 0. The normalized spacial score (nSPS) is 11.2. The Morgan fingerprint density at radius 2 is 1.20 bits per heavy atom. The molecule has 0 unspecified atom stereocenters. The van der Waals surface area contributed by atoms with Gasteiger partial charge in [-0.05, 0) is 32.1 Å². The SMILES string of the molecule is CCCCCCCC/C=C/CCCCCCC[13C](=O)O. The number of allylic oxidation sites excluding steroid dienone is 2. The van der Waals surface area contributed by atoms with Crippen molar-refractivity contribution in [3.63, 3.8) is 0 Å². The van der Waals surface area contributed by atoms with Crippen molar-refractivity contribution < 1.29 is 9.90 Å². The second-order valence-corrected chi connectivity index (χ2v) is 5.73. The van der Waals surface area contributed by atoms with Crippen LogP contribution in [-0.2, 0) is 4.79 Å². The minimum atomic E-state index is -0.664. The molecular formula is C18H34O2. The van der Waals surface area contributed by atoms with Crippen LogP contribution in [0.1, 0.15) is 96.8 Å². The number of aliphatic carboxylic acids is 1. The third-order valence-corrected chi connectivity index (χ3v) is 3.65. The van der Waals surface area contributed by atoms with Crippen LogP contribution in [-0.4, -0.2) is 11.1 Å². The molecule has 0 aromatic rings. The van der Waals surface area contributed by atoms with Crippen LogP contribution >= 0.6 is 0 Å². The highest BCUT2D eigenvalue weighted by atomic mass is 16.5. The second kappa shape index (κ2) is 16.3. The zero-order valence-electron chi connectivity index (χ0n) is 13.4. The molecule has 0 spiro atoms. The van der Waals surface area contributed by atoms with Gasteiger partial charge in [-0.15, -0.1) is 0 Å². The van der Waals surface area contributed by atoms with Crippen LogP contribution < -0.4 is 0 Å². The monoisotopic (exact) mass is 283 g/mol. The third kappa shape index (κ3) is 17.2. The van der Waals surface area contributed by atoms with Gasteiger partial charge in [0.05, 0.1) is 0 Å². The minimum Gasteiger partial charge on any atom is -0.481 e. The molecule has 0 aliphatic carbocycles. The highest BCUT2D eigenvalue weighted by Gasteiger charge is 1.95. The average molecular weight is 283 g/mol. The van der Waals surface area contributed by atoms with E-state index in [4.69, 9.17) is 5.11 Å². The summed E-state index contributed by atoms with van der Waals surface area (Å²) in [4.78, 5) is 10.3. The van der Waals surface area contributed by atoms with Gasteiger partial charge in [0.1, 0.15) is 0 Å². The summed E-state index contributed by atoms with van der Waals surface area (Å²) in [6.45, 7) is 2.26. The number of rotatable bonds is 15. The van der Waals surface area contributed by atoms with Gasteiger partial charge in [-0.2, -0.15) is 0 Å². The zero-order valence-corrected chi connectivity index (χ0v) is 13.4. The quantitative estimate of drug-likeness (QED) is 0.224. The Morgan fingerprint density at radius 1 is 0.750 bits per heavy atom. The van der Waals surface area contributed by atoms with Gasteiger partial charge in [0.2, 0.25) is 0 Å². The van der Waals surface area contributed by atoms with Gasteiger partial charge in [-0.1, -0.05) is 70.4 Å². The lowest BCUT2D eigenvalue weighted by atomic mass is 10.1. The summed E-state index contributed by atoms with van der Waals surface area (Å²) in [5.74, 6) is -0.664. The summed E-state index contributed by atoms with van der Waals surface area (Å²) in [6, 6.07) is 0. The van der Waals surface area contributed by atoms with Crippen LogP contribution in [0.3, 0.4) is 0 Å². The van der Waals surface area contributed by atoms with E-state index < -0.39 is 5.97 Å². The molecule has 0 rings (SSSR count). The van der Waals surface area contributed by atoms with Crippen molar-refractivity contribution in [3.8, 4) is 0 Å². The molecular weight excluding hydrogens is 249 g/mol. The zero-order chi connectivity index (χ0) is 14.9.